The van der Waals surface area contributed by atoms with Gasteiger partial charge in [0.1, 0.15) is 5.25 Å². The van der Waals surface area contributed by atoms with E-state index >= 15 is 0 Å². The Morgan fingerprint density at radius 1 is 0.604 bits per heavy atom. The number of hydrogen-bond acceptors (Lipinski definition) is 8. The first-order valence-electron chi connectivity index (χ1n) is 11.0. The maximum atomic E-state index is 13.7. The standard InChI is InChI=1S/C18H13F21O7S.Na/c19-9(20)12(25,26)15(31,32)16(33,34)13(27,28)10(21,22)1-3-43-7(40)5-6(47-46-45-42)8(41)44-4-2-11(23,24)14(29,30)17(35,36)18(37,38)39;/h6,9,42H,1-5H2;/q;+1/p-1. The summed E-state index contributed by atoms with van der Waals surface area (Å²) in [6, 6.07) is 0. The minimum Gasteiger partial charge on any atom is -0.691 e. The van der Waals surface area contributed by atoms with Crippen LogP contribution in [0.2, 0.25) is 0 Å². The van der Waals surface area contributed by atoms with Crippen molar-refractivity contribution in [2.45, 2.75) is 84.5 Å². The minimum atomic E-state index is -7.92. The van der Waals surface area contributed by atoms with Crippen molar-refractivity contribution >= 4 is 24.0 Å². The first-order valence-corrected chi connectivity index (χ1v) is 11.8. The molecule has 7 nitrogen and oxygen atoms in total. The molecule has 30 heteroatoms. The molecule has 48 heavy (non-hydrogen) atoms. The van der Waals surface area contributed by atoms with E-state index in [1.165, 1.54) is 0 Å². The average Bonchev–Trinajstić information content (AvgIpc) is 2.89. The van der Waals surface area contributed by atoms with Crippen molar-refractivity contribution in [3.63, 3.8) is 0 Å². The van der Waals surface area contributed by atoms with Crippen LogP contribution in [-0.4, -0.2) is 90.4 Å². The largest absolute Gasteiger partial charge is 1.00 e. The Labute approximate surface area is 277 Å². The van der Waals surface area contributed by atoms with Crippen molar-refractivity contribution in [1.29, 1.82) is 0 Å². The van der Waals surface area contributed by atoms with E-state index in [0.29, 0.717) is 0 Å². The van der Waals surface area contributed by atoms with Gasteiger partial charge in [-0.15, -0.1) is 0 Å². The van der Waals surface area contributed by atoms with E-state index < -0.39 is 122 Å². The number of halogens is 21. The second kappa shape index (κ2) is 16.4. The molecule has 0 saturated carbocycles. The van der Waals surface area contributed by atoms with Gasteiger partial charge in [0.15, 0.2) is 0 Å². The molecule has 0 aliphatic rings. The summed E-state index contributed by atoms with van der Waals surface area (Å²) in [6.45, 7) is -4.46. The van der Waals surface area contributed by atoms with E-state index in [1.54, 1.807) is 0 Å². The summed E-state index contributed by atoms with van der Waals surface area (Å²) in [5, 5.41) is 9.99. The van der Waals surface area contributed by atoms with Gasteiger partial charge in [0, 0.05) is 12.0 Å². The fourth-order valence-electron chi connectivity index (χ4n) is 2.59. The quantitative estimate of drug-likeness (QED) is 0.0492. The zero-order valence-corrected chi connectivity index (χ0v) is 25.2. The maximum Gasteiger partial charge on any atom is 1.00 e. The van der Waals surface area contributed by atoms with Crippen molar-refractivity contribution in [2.75, 3.05) is 13.2 Å². The van der Waals surface area contributed by atoms with Crippen LogP contribution < -0.4 is 34.8 Å². The molecule has 0 radical (unpaired) electrons. The maximum absolute atomic E-state index is 13.7. The third kappa shape index (κ3) is 9.72. The van der Waals surface area contributed by atoms with Crippen LogP contribution in [0.1, 0.15) is 19.3 Å². The van der Waals surface area contributed by atoms with Crippen molar-refractivity contribution in [3.8, 4) is 0 Å². The zero-order chi connectivity index (χ0) is 37.9. The predicted octanol–water partition coefficient (Wildman–Crippen LogP) is 3.40. The van der Waals surface area contributed by atoms with Crippen LogP contribution in [-0.2, 0) is 28.4 Å². The molecule has 0 amide bonds. The second-order valence-corrected chi connectivity index (χ2v) is 9.41. The van der Waals surface area contributed by atoms with Gasteiger partial charge in [-0.05, 0) is 0 Å². The number of carbonyl (C=O) groups is 2. The van der Waals surface area contributed by atoms with Crippen molar-refractivity contribution < 1.29 is 155 Å². The Kier molecular flexibility index (Phi) is 16.6. The molecular formula is C18H12F21NaO7S. The summed E-state index contributed by atoms with van der Waals surface area (Å²) in [4.78, 5) is 23.5. The fourth-order valence-corrected chi connectivity index (χ4v) is 3.07. The van der Waals surface area contributed by atoms with Gasteiger partial charge in [0.05, 0.1) is 32.5 Å². The SMILES string of the molecule is O=C(CC(SOO[O-])C(=O)OCCC(F)(F)C(F)(F)C(F)(F)C(F)(F)F)OCCC(F)(F)C(F)(F)C(F)(F)C(F)(F)C(F)(F)C(F)F.[Na+]. The molecule has 0 fully saturated rings. The monoisotopic (exact) mass is 794 g/mol. The van der Waals surface area contributed by atoms with Gasteiger partial charge in [-0.25, -0.2) is 8.78 Å². The van der Waals surface area contributed by atoms with Crippen LogP contribution in [0.5, 0.6) is 0 Å². The number of hydrogen-bond donors (Lipinski definition) is 0. The third-order valence-electron chi connectivity index (χ3n) is 5.29. The van der Waals surface area contributed by atoms with E-state index in [0.717, 1.165) is 0 Å². The van der Waals surface area contributed by atoms with E-state index in [-0.39, 0.29) is 29.6 Å². The number of carbonyl (C=O) groups excluding carboxylic acids is 2. The van der Waals surface area contributed by atoms with Crippen LogP contribution in [0.4, 0.5) is 92.2 Å². The van der Waals surface area contributed by atoms with Crippen molar-refractivity contribution in [2.24, 2.45) is 0 Å². The number of ether oxygens (including phenoxy) is 2. The molecule has 280 valence electrons. The minimum absolute atomic E-state index is 0. The van der Waals surface area contributed by atoms with Gasteiger partial charge >= 0.3 is 101 Å². The Hall–Kier alpha value is -1.30. The summed E-state index contributed by atoms with van der Waals surface area (Å²) < 4.78 is 284. The van der Waals surface area contributed by atoms with Crippen LogP contribution >= 0.6 is 12.0 Å². The molecule has 1 unspecified atom stereocenters. The summed E-state index contributed by atoms with van der Waals surface area (Å²) >= 11 is -0.714. The molecular weight excluding hydrogens is 782 g/mol. The number of rotatable bonds is 19. The fraction of sp³-hybridized carbons (Fsp3) is 0.889. The van der Waals surface area contributed by atoms with Gasteiger partial charge in [-0.1, -0.05) is 0 Å². The van der Waals surface area contributed by atoms with E-state index in [9.17, 15) is 107 Å². The third-order valence-corrected chi connectivity index (χ3v) is 6.01. The van der Waals surface area contributed by atoms with E-state index in [4.69, 9.17) is 0 Å². The average molecular weight is 794 g/mol. The number of alkyl halides is 21. The van der Waals surface area contributed by atoms with Crippen molar-refractivity contribution in [1.82, 2.24) is 0 Å². The van der Waals surface area contributed by atoms with Crippen molar-refractivity contribution in [3.05, 3.63) is 0 Å². The molecule has 0 aromatic heterocycles. The number of esters is 2. The second-order valence-electron chi connectivity index (χ2n) is 8.52. The summed E-state index contributed by atoms with van der Waals surface area (Å²) in [5.74, 6) is -62.4. The molecule has 0 N–H and O–H groups in total. The molecule has 0 saturated heterocycles. The topological polar surface area (TPSA) is 94.1 Å². The Morgan fingerprint density at radius 2 is 1.00 bits per heavy atom. The van der Waals surface area contributed by atoms with E-state index in [2.05, 4.69) is 18.8 Å². The van der Waals surface area contributed by atoms with Crippen LogP contribution in [0, 0.1) is 0 Å². The first kappa shape index (κ1) is 48.8. The van der Waals surface area contributed by atoms with Crippen LogP contribution in [0.15, 0.2) is 0 Å². The Balaban J connectivity index is 0. The van der Waals surface area contributed by atoms with Gasteiger partial charge in [0.2, 0.25) is 0 Å². The van der Waals surface area contributed by atoms with Gasteiger partial charge in [0.25, 0.3) is 0 Å². The Morgan fingerprint density at radius 3 is 1.38 bits per heavy atom. The smallest absolute Gasteiger partial charge is 0.691 e. The molecule has 0 aliphatic carbocycles. The normalized spacial score (nSPS) is 15.2. The predicted molar refractivity (Wildman–Crippen MR) is 101 cm³/mol. The van der Waals surface area contributed by atoms with Crippen LogP contribution in [0.25, 0.3) is 0 Å². The molecule has 1 atom stereocenters. The Bertz CT molecular complexity index is 1070. The van der Waals surface area contributed by atoms with E-state index in [1.807, 2.05) is 0 Å². The molecule has 0 rings (SSSR count). The molecule has 0 aromatic rings. The van der Waals surface area contributed by atoms with Gasteiger partial charge in [-0.3, -0.25) is 14.6 Å². The van der Waals surface area contributed by atoms with Crippen LogP contribution in [0.3, 0.4) is 0 Å². The summed E-state index contributed by atoms with van der Waals surface area (Å²) in [6.07, 6.45) is -20.6. The molecule has 0 heterocycles. The molecule has 0 bridgehead atoms. The molecule has 0 aromatic carbocycles. The molecule has 0 aliphatic heterocycles. The van der Waals surface area contributed by atoms with Gasteiger partial charge < -0.3 is 14.7 Å². The summed E-state index contributed by atoms with van der Waals surface area (Å²) in [7, 11) is 0. The first-order chi connectivity index (χ1) is 20.6. The van der Waals surface area contributed by atoms with Gasteiger partial charge in [-0.2, -0.15) is 87.8 Å². The zero-order valence-electron chi connectivity index (χ0n) is 22.4. The molecule has 0 spiro atoms. The summed E-state index contributed by atoms with van der Waals surface area (Å²) in [5.41, 5.74) is 0.